The van der Waals surface area contributed by atoms with E-state index in [-0.39, 0.29) is 6.10 Å². The van der Waals surface area contributed by atoms with Crippen molar-refractivity contribution in [3.8, 4) is 0 Å². The van der Waals surface area contributed by atoms with Crippen LogP contribution in [-0.4, -0.2) is 63.5 Å². The van der Waals surface area contributed by atoms with Gasteiger partial charge in [-0.25, -0.2) is 0 Å². The van der Waals surface area contributed by atoms with Gasteiger partial charge in [-0.2, -0.15) is 0 Å². The molecule has 3 atom stereocenters. The maximum absolute atomic E-state index is 5.45. The smallest absolute Gasteiger partial charge is 0.0931 e. The maximum Gasteiger partial charge on any atom is 0.0931 e. The number of nitrogens with zero attached hydrogens (tertiary/aromatic N) is 1. The van der Waals surface area contributed by atoms with Crippen molar-refractivity contribution in [2.24, 2.45) is 5.92 Å². The Balaban J connectivity index is 2.48. The lowest BCUT2D eigenvalue weighted by atomic mass is 9.99. The van der Waals surface area contributed by atoms with E-state index in [4.69, 9.17) is 9.47 Å². The minimum absolute atomic E-state index is 0.174. The standard InChI is InChI=1S/C13H28N2O2/c1-10(2)13-8-15(11(3)6-14-13)7-12(17-5)9-16-4/h10-14H,6-9H2,1-5H3. The first-order valence-electron chi connectivity index (χ1n) is 6.57. The minimum atomic E-state index is 0.174. The second kappa shape index (κ2) is 7.31. The highest BCUT2D eigenvalue weighted by Crippen LogP contribution is 2.13. The molecule has 4 heteroatoms. The zero-order valence-corrected chi connectivity index (χ0v) is 11.9. The molecule has 1 rings (SSSR count). The molecule has 0 spiro atoms. The van der Waals surface area contributed by atoms with Gasteiger partial charge in [-0.3, -0.25) is 4.90 Å². The molecule has 1 aliphatic rings. The van der Waals surface area contributed by atoms with Gasteiger partial charge in [-0.1, -0.05) is 13.8 Å². The second-order valence-corrected chi connectivity index (χ2v) is 5.37. The molecule has 17 heavy (non-hydrogen) atoms. The van der Waals surface area contributed by atoms with Crippen molar-refractivity contribution in [3.63, 3.8) is 0 Å². The predicted molar refractivity (Wildman–Crippen MR) is 70.3 cm³/mol. The molecule has 0 aromatic rings. The summed E-state index contributed by atoms with van der Waals surface area (Å²) in [6, 6.07) is 1.16. The fourth-order valence-electron chi connectivity index (χ4n) is 2.29. The van der Waals surface area contributed by atoms with Gasteiger partial charge in [0, 0.05) is 45.9 Å². The molecular weight excluding hydrogens is 216 g/mol. The normalized spacial score (nSPS) is 28.6. The summed E-state index contributed by atoms with van der Waals surface area (Å²) in [5.74, 6) is 0.674. The van der Waals surface area contributed by atoms with Crippen LogP contribution in [0.15, 0.2) is 0 Å². The molecular formula is C13H28N2O2. The van der Waals surface area contributed by atoms with Gasteiger partial charge in [-0.15, -0.1) is 0 Å². The van der Waals surface area contributed by atoms with Crippen LogP contribution < -0.4 is 5.32 Å². The van der Waals surface area contributed by atoms with Crippen LogP contribution in [0.4, 0.5) is 0 Å². The van der Waals surface area contributed by atoms with E-state index in [0.29, 0.717) is 24.6 Å². The fourth-order valence-corrected chi connectivity index (χ4v) is 2.29. The van der Waals surface area contributed by atoms with Gasteiger partial charge in [0.25, 0.3) is 0 Å². The topological polar surface area (TPSA) is 33.7 Å². The lowest BCUT2D eigenvalue weighted by Crippen LogP contribution is -2.58. The molecule has 102 valence electrons. The summed E-state index contributed by atoms with van der Waals surface area (Å²) in [4.78, 5) is 2.51. The van der Waals surface area contributed by atoms with Gasteiger partial charge in [0.15, 0.2) is 0 Å². The van der Waals surface area contributed by atoms with Gasteiger partial charge in [0.05, 0.1) is 12.7 Å². The molecule has 0 amide bonds. The third kappa shape index (κ3) is 4.54. The highest BCUT2D eigenvalue weighted by Gasteiger charge is 2.28. The van der Waals surface area contributed by atoms with E-state index in [2.05, 4.69) is 31.0 Å². The third-order valence-electron chi connectivity index (χ3n) is 3.66. The quantitative estimate of drug-likeness (QED) is 0.755. The Hall–Kier alpha value is -0.160. The molecule has 1 N–H and O–H groups in total. The van der Waals surface area contributed by atoms with Crippen LogP contribution in [0, 0.1) is 5.92 Å². The summed E-state index contributed by atoms with van der Waals surface area (Å²) in [5.41, 5.74) is 0. The van der Waals surface area contributed by atoms with Crippen molar-refractivity contribution in [1.29, 1.82) is 0 Å². The van der Waals surface area contributed by atoms with Crippen LogP contribution in [0.1, 0.15) is 20.8 Å². The molecule has 0 aromatic carbocycles. The first-order valence-corrected chi connectivity index (χ1v) is 6.57. The van der Waals surface area contributed by atoms with Crippen molar-refractivity contribution in [2.75, 3.05) is 40.5 Å². The Morgan fingerprint density at radius 1 is 1.35 bits per heavy atom. The summed E-state index contributed by atoms with van der Waals surface area (Å²) in [6.07, 6.45) is 0.174. The first-order chi connectivity index (χ1) is 8.08. The monoisotopic (exact) mass is 244 g/mol. The first kappa shape index (κ1) is 14.9. The lowest BCUT2D eigenvalue weighted by molar-refractivity contribution is -0.0107. The molecule has 3 unspecified atom stereocenters. The Morgan fingerprint density at radius 2 is 2.06 bits per heavy atom. The Morgan fingerprint density at radius 3 is 2.59 bits per heavy atom. The molecule has 0 saturated carbocycles. The van der Waals surface area contributed by atoms with Gasteiger partial charge in [0.2, 0.25) is 0 Å². The number of piperazine rings is 1. The predicted octanol–water partition coefficient (Wildman–Crippen LogP) is 0.966. The van der Waals surface area contributed by atoms with E-state index >= 15 is 0 Å². The van der Waals surface area contributed by atoms with Crippen LogP contribution in [0.2, 0.25) is 0 Å². The number of hydrogen-bond donors (Lipinski definition) is 1. The highest BCUT2D eigenvalue weighted by molar-refractivity contribution is 4.86. The molecule has 1 saturated heterocycles. The van der Waals surface area contributed by atoms with Crippen LogP contribution in [-0.2, 0) is 9.47 Å². The van der Waals surface area contributed by atoms with Crippen LogP contribution in [0.5, 0.6) is 0 Å². The van der Waals surface area contributed by atoms with Gasteiger partial charge in [0.1, 0.15) is 0 Å². The molecule has 0 bridgehead atoms. The Labute approximate surface area is 106 Å². The SMILES string of the molecule is COCC(CN1CC(C(C)C)NCC1C)OC. The number of ether oxygens (including phenoxy) is 2. The Bertz CT molecular complexity index is 212. The zero-order valence-electron chi connectivity index (χ0n) is 11.9. The summed E-state index contributed by atoms with van der Waals surface area (Å²) in [7, 11) is 3.49. The summed E-state index contributed by atoms with van der Waals surface area (Å²) < 4.78 is 10.6. The Kier molecular flexibility index (Phi) is 6.41. The van der Waals surface area contributed by atoms with Crippen molar-refractivity contribution in [2.45, 2.75) is 39.0 Å². The average molecular weight is 244 g/mol. The molecule has 1 aliphatic heterocycles. The van der Waals surface area contributed by atoms with E-state index in [0.717, 1.165) is 19.6 Å². The summed E-state index contributed by atoms with van der Waals surface area (Å²) >= 11 is 0. The van der Waals surface area contributed by atoms with E-state index in [1.54, 1.807) is 14.2 Å². The number of methoxy groups -OCH3 is 2. The van der Waals surface area contributed by atoms with Gasteiger partial charge < -0.3 is 14.8 Å². The molecule has 0 radical (unpaired) electrons. The van der Waals surface area contributed by atoms with Crippen molar-refractivity contribution < 1.29 is 9.47 Å². The van der Waals surface area contributed by atoms with Crippen LogP contribution >= 0.6 is 0 Å². The third-order valence-corrected chi connectivity index (χ3v) is 3.66. The number of rotatable bonds is 6. The van der Waals surface area contributed by atoms with Crippen molar-refractivity contribution in [3.05, 3.63) is 0 Å². The molecule has 0 aliphatic carbocycles. The molecule has 1 heterocycles. The molecule has 1 fully saturated rings. The summed E-state index contributed by atoms with van der Waals surface area (Å²) in [5, 5.41) is 3.61. The van der Waals surface area contributed by atoms with Crippen LogP contribution in [0.3, 0.4) is 0 Å². The van der Waals surface area contributed by atoms with Crippen molar-refractivity contribution >= 4 is 0 Å². The highest BCUT2D eigenvalue weighted by atomic mass is 16.5. The van der Waals surface area contributed by atoms with Crippen molar-refractivity contribution in [1.82, 2.24) is 10.2 Å². The summed E-state index contributed by atoms with van der Waals surface area (Å²) in [6.45, 7) is 10.6. The number of nitrogens with one attached hydrogen (secondary N) is 1. The van der Waals surface area contributed by atoms with Gasteiger partial charge >= 0.3 is 0 Å². The molecule has 0 aromatic heterocycles. The van der Waals surface area contributed by atoms with E-state index < -0.39 is 0 Å². The van der Waals surface area contributed by atoms with Crippen LogP contribution in [0.25, 0.3) is 0 Å². The fraction of sp³-hybridized carbons (Fsp3) is 1.00. The van der Waals surface area contributed by atoms with Gasteiger partial charge in [-0.05, 0) is 12.8 Å². The van der Waals surface area contributed by atoms with E-state index in [9.17, 15) is 0 Å². The van der Waals surface area contributed by atoms with E-state index in [1.807, 2.05) is 0 Å². The van der Waals surface area contributed by atoms with E-state index in [1.165, 1.54) is 0 Å². The average Bonchev–Trinajstić information content (AvgIpc) is 2.30. The zero-order chi connectivity index (χ0) is 12.8. The maximum atomic E-state index is 5.45. The minimum Gasteiger partial charge on any atom is -0.382 e. The molecule has 4 nitrogen and oxygen atoms in total. The lowest BCUT2D eigenvalue weighted by Gasteiger charge is -2.41. The number of hydrogen-bond acceptors (Lipinski definition) is 4. The second-order valence-electron chi connectivity index (χ2n) is 5.37. The largest absolute Gasteiger partial charge is 0.382 e.